The number of allylic oxidation sites excluding steroid dienone is 1. The molecule has 0 saturated heterocycles. The fourth-order valence-corrected chi connectivity index (χ4v) is 1.05. The van der Waals surface area contributed by atoms with Crippen LogP contribution >= 0.6 is 0 Å². The van der Waals surface area contributed by atoms with E-state index >= 15 is 0 Å². The van der Waals surface area contributed by atoms with Crippen molar-refractivity contribution in [2.24, 2.45) is 0 Å². The number of hydrogen-bond donors (Lipinski definition) is 1. The summed E-state index contributed by atoms with van der Waals surface area (Å²) >= 11 is 0. The minimum atomic E-state index is 0.175. The molecule has 2 heteroatoms. The highest BCUT2D eigenvalue weighted by Crippen LogP contribution is 1.97. The van der Waals surface area contributed by atoms with E-state index in [4.69, 9.17) is 0 Å². The third kappa shape index (κ3) is 9.12. The summed E-state index contributed by atoms with van der Waals surface area (Å²) in [4.78, 5) is 11.1. The Labute approximate surface area is 81.4 Å². The first kappa shape index (κ1) is 12.2. The lowest BCUT2D eigenvalue weighted by molar-refractivity contribution is -0.120. The number of hydrogen-bond acceptors (Lipinski definition) is 1. The molecule has 0 unspecified atom stereocenters. The van der Waals surface area contributed by atoms with Gasteiger partial charge >= 0.3 is 0 Å². The van der Waals surface area contributed by atoms with Crippen LogP contribution in [0.2, 0.25) is 0 Å². The summed E-state index contributed by atoms with van der Waals surface area (Å²) in [7, 11) is 0. The van der Waals surface area contributed by atoms with Crippen molar-refractivity contribution in [1.82, 2.24) is 5.32 Å². The van der Waals surface area contributed by atoms with Gasteiger partial charge in [0.25, 0.3) is 0 Å². The molecule has 13 heavy (non-hydrogen) atoms. The van der Waals surface area contributed by atoms with Crippen LogP contribution in [0.3, 0.4) is 0 Å². The number of carbonyl (C=O) groups excluding carboxylic acids is 1. The number of carbonyl (C=O) groups is 1. The van der Waals surface area contributed by atoms with Crippen molar-refractivity contribution in [3.63, 3.8) is 0 Å². The third-order valence-corrected chi connectivity index (χ3v) is 1.83. The molecule has 1 N–H and O–H groups in total. The van der Waals surface area contributed by atoms with Crippen molar-refractivity contribution in [2.75, 3.05) is 6.54 Å². The average Bonchev–Trinajstić information content (AvgIpc) is 2.13. The van der Waals surface area contributed by atoms with Crippen LogP contribution in [0.1, 0.15) is 46.0 Å². The van der Waals surface area contributed by atoms with E-state index in [1.807, 2.05) is 6.08 Å². The maximum Gasteiger partial charge on any atom is 0.220 e. The zero-order valence-electron chi connectivity index (χ0n) is 8.81. The van der Waals surface area contributed by atoms with E-state index in [9.17, 15) is 4.79 Å². The van der Waals surface area contributed by atoms with Crippen molar-refractivity contribution in [2.45, 2.75) is 46.0 Å². The minimum absolute atomic E-state index is 0.175. The van der Waals surface area contributed by atoms with Gasteiger partial charge in [0.1, 0.15) is 0 Å². The Bertz CT molecular complexity index is 152. The number of amides is 1. The molecule has 76 valence electrons. The lowest BCUT2D eigenvalue weighted by Crippen LogP contribution is -2.22. The first-order valence-electron chi connectivity index (χ1n) is 5.23. The molecule has 0 atom stereocenters. The molecule has 2 nitrogen and oxygen atoms in total. The van der Waals surface area contributed by atoms with Crippen LogP contribution in [0, 0.1) is 0 Å². The smallest absolute Gasteiger partial charge is 0.220 e. The topological polar surface area (TPSA) is 29.1 Å². The Morgan fingerprint density at radius 1 is 1.23 bits per heavy atom. The molecule has 0 bridgehead atoms. The van der Waals surface area contributed by atoms with Gasteiger partial charge in [-0.25, -0.2) is 0 Å². The van der Waals surface area contributed by atoms with E-state index < -0.39 is 0 Å². The second-order valence-electron chi connectivity index (χ2n) is 3.14. The second-order valence-corrected chi connectivity index (χ2v) is 3.14. The molecule has 0 aliphatic carbocycles. The largest absolute Gasteiger partial charge is 0.353 e. The fourth-order valence-electron chi connectivity index (χ4n) is 1.05. The summed E-state index contributed by atoms with van der Waals surface area (Å²) in [6, 6.07) is 0. The Balaban J connectivity index is 3.25. The van der Waals surface area contributed by atoms with Crippen molar-refractivity contribution in [3.05, 3.63) is 12.2 Å². The summed E-state index contributed by atoms with van der Waals surface area (Å²) in [5.74, 6) is 0.175. The van der Waals surface area contributed by atoms with Crippen LogP contribution in [0.15, 0.2) is 12.2 Å². The monoisotopic (exact) mass is 183 g/mol. The predicted octanol–water partition coefficient (Wildman–Crippen LogP) is 2.65. The molecular weight excluding hydrogens is 162 g/mol. The third-order valence-electron chi connectivity index (χ3n) is 1.83. The van der Waals surface area contributed by atoms with E-state index in [1.165, 1.54) is 6.42 Å². The van der Waals surface area contributed by atoms with Crippen molar-refractivity contribution in [1.29, 1.82) is 0 Å². The number of rotatable bonds is 7. The van der Waals surface area contributed by atoms with Crippen LogP contribution in [-0.2, 0) is 4.79 Å². The van der Waals surface area contributed by atoms with Gasteiger partial charge in [0, 0.05) is 13.0 Å². The van der Waals surface area contributed by atoms with Gasteiger partial charge < -0.3 is 5.32 Å². The van der Waals surface area contributed by atoms with Gasteiger partial charge in [-0.2, -0.15) is 0 Å². The molecule has 0 aliphatic rings. The van der Waals surface area contributed by atoms with Crippen LogP contribution in [0.5, 0.6) is 0 Å². The van der Waals surface area contributed by atoms with E-state index in [-0.39, 0.29) is 5.91 Å². The van der Waals surface area contributed by atoms with Gasteiger partial charge in [-0.3, -0.25) is 4.79 Å². The molecule has 0 rings (SSSR count). The lowest BCUT2D eigenvalue weighted by atomic mass is 10.2. The summed E-state index contributed by atoms with van der Waals surface area (Å²) < 4.78 is 0. The highest BCUT2D eigenvalue weighted by Gasteiger charge is 1.97. The van der Waals surface area contributed by atoms with Crippen LogP contribution in [0.25, 0.3) is 0 Å². The predicted molar refractivity (Wildman–Crippen MR) is 56.6 cm³/mol. The standard InChI is InChI=1S/C11H21NO/c1-3-5-7-9-11(13)12-10-8-6-4-2/h6,8H,3-5,7,9-10H2,1-2H3,(H,12,13)/b8-6-. The van der Waals surface area contributed by atoms with Crippen molar-refractivity contribution < 1.29 is 4.79 Å². The molecule has 0 heterocycles. The maximum atomic E-state index is 11.1. The van der Waals surface area contributed by atoms with E-state index in [2.05, 4.69) is 25.2 Å². The highest BCUT2D eigenvalue weighted by molar-refractivity contribution is 5.75. The molecule has 0 aromatic carbocycles. The minimum Gasteiger partial charge on any atom is -0.353 e. The SMILES string of the molecule is CC/C=C\CNC(=O)CCCCC. The summed E-state index contributed by atoms with van der Waals surface area (Å²) in [6.07, 6.45) is 9.10. The Hall–Kier alpha value is -0.790. The Kier molecular flexibility index (Phi) is 8.73. The zero-order chi connectivity index (χ0) is 9.94. The summed E-state index contributed by atoms with van der Waals surface area (Å²) in [5, 5.41) is 2.85. The van der Waals surface area contributed by atoms with Crippen LogP contribution < -0.4 is 5.32 Å². The molecule has 0 saturated carbocycles. The lowest BCUT2D eigenvalue weighted by Gasteiger charge is -2.00. The van der Waals surface area contributed by atoms with E-state index in [0.717, 1.165) is 19.3 Å². The van der Waals surface area contributed by atoms with Gasteiger partial charge in [-0.1, -0.05) is 38.8 Å². The molecule has 0 aromatic rings. The number of nitrogens with one attached hydrogen (secondary N) is 1. The second kappa shape index (κ2) is 9.30. The van der Waals surface area contributed by atoms with Gasteiger partial charge in [0.05, 0.1) is 0 Å². The Morgan fingerprint density at radius 3 is 2.62 bits per heavy atom. The summed E-state index contributed by atoms with van der Waals surface area (Å²) in [5.41, 5.74) is 0. The first-order chi connectivity index (χ1) is 6.31. The average molecular weight is 183 g/mol. The molecule has 0 aromatic heterocycles. The fraction of sp³-hybridized carbons (Fsp3) is 0.727. The van der Waals surface area contributed by atoms with Gasteiger partial charge in [-0.15, -0.1) is 0 Å². The molecule has 0 radical (unpaired) electrons. The van der Waals surface area contributed by atoms with Crippen molar-refractivity contribution >= 4 is 5.91 Å². The normalized spacial score (nSPS) is 10.6. The zero-order valence-corrected chi connectivity index (χ0v) is 8.81. The highest BCUT2D eigenvalue weighted by atomic mass is 16.1. The van der Waals surface area contributed by atoms with Crippen molar-refractivity contribution in [3.8, 4) is 0 Å². The van der Waals surface area contributed by atoms with E-state index in [1.54, 1.807) is 0 Å². The molecule has 1 amide bonds. The molecule has 0 fully saturated rings. The number of unbranched alkanes of at least 4 members (excludes halogenated alkanes) is 2. The maximum absolute atomic E-state index is 11.1. The summed E-state index contributed by atoms with van der Waals surface area (Å²) in [6.45, 7) is 4.90. The molecule has 0 aliphatic heterocycles. The van der Waals surface area contributed by atoms with Crippen LogP contribution in [-0.4, -0.2) is 12.5 Å². The molecule has 0 spiro atoms. The molecular formula is C11H21NO. The Morgan fingerprint density at radius 2 is 2.00 bits per heavy atom. The van der Waals surface area contributed by atoms with Gasteiger partial charge in [-0.05, 0) is 12.8 Å². The van der Waals surface area contributed by atoms with Gasteiger partial charge in [0.2, 0.25) is 5.91 Å². The van der Waals surface area contributed by atoms with Gasteiger partial charge in [0.15, 0.2) is 0 Å². The quantitative estimate of drug-likeness (QED) is 0.477. The first-order valence-corrected chi connectivity index (χ1v) is 5.23. The van der Waals surface area contributed by atoms with Crippen LogP contribution in [0.4, 0.5) is 0 Å². The van der Waals surface area contributed by atoms with E-state index in [0.29, 0.717) is 13.0 Å².